The molecule has 0 aliphatic heterocycles. The Bertz CT molecular complexity index is 464. The van der Waals surface area contributed by atoms with Crippen LogP contribution in [0.15, 0.2) is 17.3 Å². The first-order chi connectivity index (χ1) is 9.65. The summed E-state index contributed by atoms with van der Waals surface area (Å²) in [4.78, 5) is 11.7. The summed E-state index contributed by atoms with van der Waals surface area (Å²) >= 11 is 0. The van der Waals surface area contributed by atoms with E-state index in [2.05, 4.69) is 20.3 Å². The molecule has 2 rings (SSSR count). The molecule has 1 saturated carbocycles. The summed E-state index contributed by atoms with van der Waals surface area (Å²) in [5.74, 6) is 0.569. The molecule has 0 aromatic carbocycles. The fourth-order valence-corrected chi connectivity index (χ4v) is 2.27. The van der Waals surface area contributed by atoms with Crippen molar-refractivity contribution in [2.24, 2.45) is 10.7 Å². The summed E-state index contributed by atoms with van der Waals surface area (Å²) in [5, 5.41) is 3.15. The molecule has 1 heterocycles. The smallest absolute Gasteiger partial charge is 0.280 e. The summed E-state index contributed by atoms with van der Waals surface area (Å²) in [6.07, 6.45) is 4.56. The topological polar surface area (TPSA) is 76.2 Å². The van der Waals surface area contributed by atoms with E-state index in [1.807, 2.05) is 0 Å². The minimum atomic E-state index is -2.60. The largest absolute Gasteiger partial charge is 0.370 e. The highest BCUT2D eigenvalue weighted by Crippen LogP contribution is 2.17. The van der Waals surface area contributed by atoms with E-state index in [1.165, 1.54) is 31.5 Å². The SMILES string of the molecule is I.NC(=NCc1nccc(C(F)F)n1)NC1CCCCC1. The maximum absolute atomic E-state index is 12.5. The molecular weight excluding hydrogens is 391 g/mol. The number of aromatic nitrogens is 2. The Hall–Kier alpha value is -1.06. The van der Waals surface area contributed by atoms with Crippen molar-refractivity contribution in [3.05, 3.63) is 23.8 Å². The number of alkyl halides is 2. The third-order valence-electron chi connectivity index (χ3n) is 3.30. The Morgan fingerprint density at radius 1 is 1.38 bits per heavy atom. The first kappa shape index (κ1) is 18.0. The molecule has 0 saturated heterocycles. The van der Waals surface area contributed by atoms with Crippen molar-refractivity contribution >= 4 is 29.9 Å². The van der Waals surface area contributed by atoms with Gasteiger partial charge < -0.3 is 11.1 Å². The lowest BCUT2D eigenvalue weighted by Crippen LogP contribution is -2.41. The van der Waals surface area contributed by atoms with Crippen molar-refractivity contribution < 1.29 is 8.78 Å². The molecule has 3 N–H and O–H groups in total. The maximum atomic E-state index is 12.5. The molecule has 21 heavy (non-hydrogen) atoms. The average molecular weight is 411 g/mol. The number of rotatable bonds is 4. The van der Waals surface area contributed by atoms with Crippen LogP contribution in [0.1, 0.15) is 50.0 Å². The zero-order valence-electron chi connectivity index (χ0n) is 11.6. The highest BCUT2D eigenvalue weighted by atomic mass is 127. The summed E-state index contributed by atoms with van der Waals surface area (Å²) in [7, 11) is 0. The van der Waals surface area contributed by atoms with Crippen LogP contribution in [0.3, 0.4) is 0 Å². The molecule has 1 aliphatic rings. The number of guanidine groups is 1. The van der Waals surface area contributed by atoms with E-state index in [0.717, 1.165) is 12.8 Å². The highest BCUT2D eigenvalue weighted by Gasteiger charge is 2.13. The molecule has 1 aliphatic carbocycles. The number of nitrogens with zero attached hydrogens (tertiary/aromatic N) is 3. The zero-order valence-corrected chi connectivity index (χ0v) is 14.0. The van der Waals surface area contributed by atoms with Gasteiger partial charge in [0.25, 0.3) is 6.43 Å². The van der Waals surface area contributed by atoms with Gasteiger partial charge in [0, 0.05) is 12.2 Å². The Morgan fingerprint density at radius 3 is 2.76 bits per heavy atom. The molecule has 1 aromatic heterocycles. The predicted octanol–water partition coefficient (Wildman–Crippen LogP) is 2.77. The molecule has 118 valence electrons. The lowest BCUT2D eigenvalue weighted by molar-refractivity contribution is 0.145. The molecule has 5 nitrogen and oxygen atoms in total. The third kappa shape index (κ3) is 6.06. The molecule has 0 amide bonds. The molecular formula is C13H20F2IN5. The van der Waals surface area contributed by atoms with Crippen molar-refractivity contribution in [1.82, 2.24) is 15.3 Å². The first-order valence-electron chi connectivity index (χ1n) is 6.81. The number of halogens is 3. The number of aliphatic imine (C=N–C) groups is 1. The number of nitrogens with one attached hydrogen (secondary N) is 1. The van der Waals surface area contributed by atoms with Gasteiger partial charge in [-0.25, -0.2) is 23.7 Å². The van der Waals surface area contributed by atoms with E-state index in [4.69, 9.17) is 5.73 Å². The Balaban J connectivity index is 0.00000220. The lowest BCUT2D eigenvalue weighted by atomic mass is 9.96. The molecule has 0 atom stereocenters. The van der Waals surface area contributed by atoms with Gasteiger partial charge in [-0.05, 0) is 18.9 Å². The van der Waals surface area contributed by atoms with Crippen LogP contribution in [0.2, 0.25) is 0 Å². The second-order valence-corrected chi connectivity index (χ2v) is 4.88. The van der Waals surface area contributed by atoms with E-state index in [1.54, 1.807) is 0 Å². The molecule has 1 fully saturated rings. The molecule has 0 bridgehead atoms. The van der Waals surface area contributed by atoms with Gasteiger partial charge in [0.1, 0.15) is 18.1 Å². The van der Waals surface area contributed by atoms with Crippen LogP contribution in [0.4, 0.5) is 8.78 Å². The van der Waals surface area contributed by atoms with Gasteiger partial charge in [-0.2, -0.15) is 0 Å². The van der Waals surface area contributed by atoms with Gasteiger partial charge in [-0.15, -0.1) is 24.0 Å². The molecule has 0 unspecified atom stereocenters. The first-order valence-corrected chi connectivity index (χ1v) is 6.81. The summed E-state index contributed by atoms with van der Waals surface area (Å²) in [6.45, 7) is 0.103. The van der Waals surface area contributed by atoms with E-state index >= 15 is 0 Å². The molecule has 0 radical (unpaired) electrons. The highest BCUT2D eigenvalue weighted by molar-refractivity contribution is 14.0. The van der Waals surface area contributed by atoms with Crippen LogP contribution < -0.4 is 11.1 Å². The minimum absolute atomic E-state index is 0. The summed E-state index contributed by atoms with van der Waals surface area (Å²) in [5.41, 5.74) is 5.50. The number of nitrogens with two attached hydrogens (primary N) is 1. The molecule has 1 aromatic rings. The van der Waals surface area contributed by atoms with E-state index in [0.29, 0.717) is 12.0 Å². The normalized spacial score (nSPS) is 16.6. The van der Waals surface area contributed by atoms with Crippen molar-refractivity contribution in [2.45, 2.75) is 51.1 Å². The van der Waals surface area contributed by atoms with Crippen molar-refractivity contribution in [3.63, 3.8) is 0 Å². The van der Waals surface area contributed by atoms with Crippen LogP contribution in [0.25, 0.3) is 0 Å². The quantitative estimate of drug-likeness (QED) is 0.454. The predicted molar refractivity (Wildman–Crippen MR) is 87.7 cm³/mol. The molecule has 8 heteroatoms. The number of hydrogen-bond acceptors (Lipinski definition) is 3. The van der Waals surface area contributed by atoms with Gasteiger partial charge in [0.2, 0.25) is 0 Å². The second-order valence-electron chi connectivity index (χ2n) is 4.88. The Labute approximate surface area is 139 Å². The van der Waals surface area contributed by atoms with E-state index in [9.17, 15) is 8.78 Å². The van der Waals surface area contributed by atoms with Gasteiger partial charge >= 0.3 is 0 Å². The number of hydrogen-bond donors (Lipinski definition) is 2. The third-order valence-corrected chi connectivity index (χ3v) is 3.30. The minimum Gasteiger partial charge on any atom is -0.370 e. The van der Waals surface area contributed by atoms with Gasteiger partial charge in [0.05, 0.1) is 0 Å². The zero-order chi connectivity index (χ0) is 14.4. The van der Waals surface area contributed by atoms with Crippen LogP contribution in [0.5, 0.6) is 0 Å². The van der Waals surface area contributed by atoms with E-state index in [-0.39, 0.29) is 42.0 Å². The Kier molecular flexibility index (Phi) is 7.76. The van der Waals surface area contributed by atoms with Crippen LogP contribution in [0, 0.1) is 0 Å². The summed E-state index contributed by atoms with van der Waals surface area (Å²) in [6, 6.07) is 1.56. The van der Waals surface area contributed by atoms with Crippen LogP contribution in [-0.4, -0.2) is 22.0 Å². The van der Waals surface area contributed by atoms with Crippen molar-refractivity contribution in [2.75, 3.05) is 0 Å². The maximum Gasteiger partial charge on any atom is 0.280 e. The van der Waals surface area contributed by atoms with Crippen LogP contribution in [-0.2, 0) is 6.54 Å². The average Bonchev–Trinajstić information content (AvgIpc) is 2.46. The van der Waals surface area contributed by atoms with E-state index < -0.39 is 6.43 Å². The van der Waals surface area contributed by atoms with Crippen molar-refractivity contribution in [1.29, 1.82) is 0 Å². The monoisotopic (exact) mass is 411 g/mol. The van der Waals surface area contributed by atoms with Crippen LogP contribution >= 0.6 is 24.0 Å². The van der Waals surface area contributed by atoms with Crippen molar-refractivity contribution in [3.8, 4) is 0 Å². The fraction of sp³-hybridized carbons (Fsp3) is 0.615. The summed E-state index contributed by atoms with van der Waals surface area (Å²) < 4.78 is 25.0. The lowest BCUT2D eigenvalue weighted by Gasteiger charge is -2.23. The Morgan fingerprint density at radius 2 is 2.10 bits per heavy atom. The molecule has 0 spiro atoms. The fourth-order valence-electron chi connectivity index (χ4n) is 2.27. The van der Waals surface area contributed by atoms with Gasteiger partial charge in [-0.1, -0.05) is 19.3 Å². The van der Waals surface area contributed by atoms with Gasteiger partial charge in [0.15, 0.2) is 5.96 Å². The standard InChI is InChI=1S/C13H19F2N5.HI/c14-12(15)10-6-7-17-11(20-10)8-18-13(16)19-9-4-2-1-3-5-9;/h6-7,9,12H,1-5,8H2,(H3,16,18,19);1H. The second kappa shape index (κ2) is 9.06. The van der Waals surface area contributed by atoms with Gasteiger partial charge in [-0.3, -0.25) is 0 Å².